The Hall–Kier alpha value is -3.61. The lowest BCUT2D eigenvalue weighted by Gasteiger charge is -2.38. The maximum Gasteiger partial charge on any atom is 0.253 e. The van der Waals surface area contributed by atoms with Crippen molar-refractivity contribution in [3.8, 4) is 0 Å². The first kappa shape index (κ1) is 24.1. The van der Waals surface area contributed by atoms with E-state index in [2.05, 4.69) is 46.4 Å². The fraction of sp³-hybridized carbons (Fsp3) is 0.414. The Morgan fingerprint density at radius 1 is 1.06 bits per heavy atom. The predicted octanol–water partition coefficient (Wildman–Crippen LogP) is 5.09. The molecular weight excluding hydrogens is 448 g/mol. The molecule has 2 aliphatic rings. The summed E-state index contributed by atoms with van der Waals surface area (Å²) < 4.78 is 1.82. The molecule has 3 heterocycles. The minimum absolute atomic E-state index is 0.0647. The van der Waals surface area contributed by atoms with Gasteiger partial charge in [-0.05, 0) is 55.5 Å². The van der Waals surface area contributed by atoms with Gasteiger partial charge in [-0.3, -0.25) is 9.78 Å². The second-order valence-electron chi connectivity index (χ2n) is 10.2. The number of rotatable bonds is 5. The number of aryl methyl sites for hydroxylation is 2. The Morgan fingerprint density at radius 2 is 1.83 bits per heavy atom. The third kappa shape index (κ3) is 4.16. The van der Waals surface area contributed by atoms with Gasteiger partial charge < -0.3 is 25.1 Å². The van der Waals surface area contributed by atoms with E-state index in [0.717, 1.165) is 57.9 Å². The molecule has 188 valence electrons. The van der Waals surface area contributed by atoms with Crippen LogP contribution in [-0.4, -0.2) is 43.0 Å². The molecule has 5 rings (SSSR count). The van der Waals surface area contributed by atoms with Crippen LogP contribution >= 0.6 is 0 Å². The molecule has 0 spiro atoms. The Balaban J connectivity index is 1.71. The quantitative estimate of drug-likeness (QED) is 0.494. The minimum atomic E-state index is 0.0647. The highest BCUT2D eigenvalue weighted by molar-refractivity contribution is 6.08. The number of hydrogen-bond donors (Lipinski definition) is 2. The number of nitrogens with zero attached hydrogens (tertiary/aromatic N) is 4. The molecule has 2 N–H and O–H groups in total. The van der Waals surface area contributed by atoms with E-state index in [1.54, 1.807) is 6.20 Å². The van der Waals surface area contributed by atoms with Gasteiger partial charge in [0.2, 0.25) is 0 Å². The number of pyridine rings is 2. The number of fused-ring (bicyclic) bond motifs is 2. The van der Waals surface area contributed by atoms with Crippen molar-refractivity contribution in [3.05, 3.63) is 63.8 Å². The van der Waals surface area contributed by atoms with Crippen molar-refractivity contribution < 1.29 is 0 Å². The molecule has 7 nitrogen and oxygen atoms in total. The van der Waals surface area contributed by atoms with Crippen molar-refractivity contribution >= 4 is 39.8 Å². The molecule has 0 unspecified atom stereocenters. The number of likely N-dealkylation sites (N-methyl/N-ethyl adjacent to an activating group) is 1. The standard InChI is InChI=1S/C29H36N6O/c1-19-12-23-25(34(4)29(19)36)13-21(20-8-6-5-7-9-20)14-26(23)35-11-10-33(3)27-15-24(32-18-28(27)35)22(16-30)17-31-2/h12-18,20,30-31H,5-11H2,1-4H3/b22-17+,30-16?. The number of nitrogens with one attached hydrogen (secondary N) is 2. The first-order valence-corrected chi connectivity index (χ1v) is 12.9. The van der Waals surface area contributed by atoms with E-state index in [4.69, 9.17) is 10.4 Å². The van der Waals surface area contributed by atoms with E-state index < -0.39 is 0 Å². The summed E-state index contributed by atoms with van der Waals surface area (Å²) in [6.07, 6.45) is 11.3. The van der Waals surface area contributed by atoms with Gasteiger partial charge in [0.1, 0.15) is 0 Å². The van der Waals surface area contributed by atoms with Crippen LogP contribution in [0.3, 0.4) is 0 Å². The normalized spacial score (nSPS) is 16.8. The van der Waals surface area contributed by atoms with Gasteiger partial charge in [-0.2, -0.15) is 0 Å². The van der Waals surface area contributed by atoms with Crippen LogP contribution in [-0.2, 0) is 7.05 Å². The molecule has 7 heteroatoms. The first-order valence-electron chi connectivity index (χ1n) is 12.9. The summed E-state index contributed by atoms with van der Waals surface area (Å²) >= 11 is 0. The highest BCUT2D eigenvalue weighted by atomic mass is 16.1. The fourth-order valence-electron chi connectivity index (χ4n) is 5.81. The highest BCUT2D eigenvalue weighted by Crippen LogP contribution is 2.43. The van der Waals surface area contributed by atoms with Crippen LogP contribution in [0.15, 0.2) is 41.5 Å². The zero-order valence-electron chi connectivity index (χ0n) is 21.8. The zero-order valence-corrected chi connectivity index (χ0v) is 21.8. The lowest BCUT2D eigenvalue weighted by molar-refractivity contribution is 0.444. The molecule has 3 aromatic rings. The molecule has 0 radical (unpaired) electrons. The predicted molar refractivity (Wildman–Crippen MR) is 150 cm³/mol. The van der Waals surface area contributed by atoms with Gasteiger partial charge in [0, 0.05) is 63.2 Å². The number of allylic oxidation sites excluding steroid dienone is 1. The van der Waals surface area contributed by atoms with Crippen LogP contribution in [0.1, 0.15) is 54.8 Å². The van der Waals surface area contributed by atoms with Crippen LogP contribution in [0.25, 0.3) is 16.5 Å². The van der Waals surface area contributed by atoms with Gasteiger partial charge in [-0.15, -0.1) is 0 Å². The molecule has 0 bridgehead atoms. The number of hydrogen-bond acceptors (Lipinski definition) is 6. The summed E-state index contributed by atoms with van der Waals surface area (Å²) in [5.41, 5.74) is 7.95. The minimum Gasteiger partial charge on any atom is -0.393 e. The molecular formula is C29H36N6O. The summed E-state index contributed by atoms with van der Waals surface area (Å²) in [7, 11) is 5.83. The highest BCUT2D eigenvalue weighted by Gasteiger charge is 2.27. The van der Waals surface area contributed by atoms with Gasteiger partial charge in [-0.25, -0.2) is 0 Å². The lowest BCUT2D eigenvalue weighted by atomic mass is 9.83. The van der Waals surface area contributed by atoms with E-state index >= 15 is 0 Å². The van der Waals surface area contributed by atoms with E-state index in [1.165, 1.54) is 43.9 Å². The van der Waals surface area contributed by atoms with Crippen LogP contribution < -0.4 is 20.7 Å². The van der Waals surface area contributed by atoms with Crippen molar-refractivity contribution in [1.82, 2.24) is 14.9 Å². The fourth-order valence-corrected chi connectivity index (χ4v) is 5.81. The van der Waals surface area contributed by atoms with Crippen molar-refractivity contribution in [2.24, 2.45) is 7.05 Å². The number of aromatic nitrogens is 2. The van der Waals surface area contributed by atoms with Crippen molar-refractivity contribution in [2.75, 3.05) is 37.0 Å². The maximum absolute atomic E-state index is 12.9. The van der Waals surface area contributed by atoms with Crippen LogP contribution in [0.5, 0.6) is 0 Å². The molecule has 1 aromatic carbocycles. The van der Waals surface area contributed by atoms with E-state index in [0.29, 0.717) is 5.92 Å². The SMILES string of the molecule is CN/C=C(\C=N)c1cc2c(cn1)N(c1cc(C3CCCCC3)cc3c1cc(C)c(=O)n3C)CCN2C. The Morgan fingerprint density at radius 3 is 2.56 bits per heavy atom. The van der Waals surface area contributed by atoms with Crippen molar-refractivity contribution in [3.63, 3.8) is 0 Å². The van der Waals surface area contributed by atoms with Gasteiger partial charge in [0.25, 0.3) is 5.56 Å². The summed E-state index contributed by atoms with van der Waals surface area (Å²) in [5, 5.41) is 11.9. The molecule has 1 saturated carbocycles. The monoisotopic (exact) mass is 484 g/mol. The number of anilines is 3. The summed E-state index contributed by atoms with van der Waals surface area (Å²) in [4.78, 5) is 22.3. The molecule has 1 fully saturated rings. The average molecular weight is 485 g/mol. The molecule has 1 aliphatic carbocycles. The molecule has 36 heavy (non-hydrogen) atoms. The largest absolute Gasteiger partial charge is 0.393 e. The number of benzene rings is 1. The smallest absolute Gasteiger partial charge is 0.253 e. The van der Waals surface area contributed by atoms with Crippen molar-refractivity contribution in [2.45, 2.75) is 44.9 Å². The summed E-state index contributed by atoms with van der Waals surface area (Å²) in [5.74, 6) is 0.535. The van der Waals surface area contributed by atoms with Gasteiger partial charge in [0.15, 0.2) is 0 Å². The molecule has 0 amide bonds. The average Bonchev–Trinajstić information content (AvgIpc) is 2.91. The maximum atomic E-state index is 12.9. The topological polar surface area (TPSA) is 77.3 Å². The van der Waals surface area contributed by atoms with E-state index in [9.17, 15) is 4.79 Å². The van der Waals surface area contributed by atoms with Crippen molar-refractivity contribution in [1.29, 1.82) is 5.41 Å². The molecule has 0 atom stereocenters. The Labute approximate surface area is 213 Å². The van der Waals surface area contributed by atoms with Crippen LogP contribution in [0.4, 0.5) is 17.1 Å². The molecule has 0 saturated heterocycles. The van der Waals surface area contributed by atoms with Gasteiger partial charge in [0.05, 0.1) is 34.5 Å². The Bertz CT molecular complexity index is 1400. The third-order valence-corrected chi connectivity index (χ3v) is 7.86. The van der Waals surface area contributed by atoms with E-state index in [-0.39, 0.29) is 5.56 Å². The van der Waals surface area contributed by atoms with Gasteiger partial charge >= 0.3 is 0 Å². The second-order valence-corrected chi connectivity index (χ2v) is 10.2. The lowest BCUT2D eigenvalue weighted by Crippen LogP contribution is -2.37. The Kier molecular flexibility index (Phi) is 6.56. The molecule has 2 aromatic heterocycles. The second kappa shape index (κ2) is 9.80. The zero-order chi connectivity index (χ0) is 25.4. The summed E-state index contributed by atoms with van der Waals surface area (Å²) in [6.45, 7) is 3.60. The van der Waals surface area contributed by atoms with Crippen LogP contribution in [0.2, 0.25) is 0 Å². The third-order valence-electron chi connectivity index (χ3n) is 7.86. The van der Waals surface area contributed by atoms with E-state index in [1.807, 2.05) is 31.8 Å². The molecule has 1 aliphatic heterocycles. The van der Waals surface area contributed by atoms with Gasteiger partial charge in [-0.1, -0.05) is 19.3 Å². The first-order chi connectivity index (χ1) is 17.4. The summed E-state index contributed by atoms with van der Waals surface area (Å²) in [6, 6.07) is 8.76. The van der Waals surface area contributed by atoms with Crippen LogP contribution in [0, 0.1) is 12.3 Å².